The average molecular weight is 472 g/mol. The van der Waals surface area contributed by atoms with Crippen molar-refractivity contribution in [3.05, 3.63) is 96.6 Å². The first-order valence-electron chi connectivity index (χ1n) is 10.9. The van der Waals surface area contributed by atoms with Crippen LogP contribution in [0.25, 0.3) is 22.6 Å². The monoisotopic (exact) mass is 471 g/mol. The van der Waals surface area contributed by atoms with E-state index in [4.69, 9.17) is 15.1 Å². The molecule has 0 saturated carbocycles. The minimum absolute atomic E-state index is 0.110. The van der Waals surface area contributed by atoms with Gasteiger partial charge in [0, 0.05) is 30.6 Å². The van der Waals surface area contributed by atoms with E-state index >= 15 is 0 Å². The Morgan fingerprint density at radius 1 is 0.853 bits per heavy atom. The van der Waals surface area contributed by atoms with Crippen molar-refractivity contribution >= 4 is 23.6 Å². The second-order valence-corrected chi connectivity index (χ2v) is 8.62. The van der Waals surface area contributed by atoms with E-state index in [9.17, 15) is 9.59 Å². The zero-order valence-corrected chi connectivity index (χ0v) is 19.4. The third kappa shape index (κ3) is 6.14. The Kier molecular flexibility index (Phi) is 7.78. The Balaban J connectivity index is 1.52. The zero-order chi connectivity index (χ0) is 23.8. The van der Waals surface area contributed by atoms with E-state index in [0.717, 1.165) is 22.4 Å². The number of hydrogen-bond donors (Lipinski definition) is 1. The summed E-state index contributed by atoms with van der Waals surface area (Å²) in [7, 11) is 0. The summed E-state index contributed by atoms with van der Waals surface area (Å²) in [5.41, 5.74) is 8.90. The van der Waals surface area contributed by atoms with Gasteiger partial charge in [-0.3, -0.25) is 9.59 Å². The summed E-state index contributed by atoms with van der Waals surface area (Å²) in [6.45, 7) is 0.670. The van der Waals surface area contributed by atoms with Crippen LogP contribution < -0.4 is 5.73 Å². The van der Waals surface area contributed by atoms with Crippen LogP contribution in [0.15, 0.2) is 101 Å². The SMILES string of the molecule is NC(=O)CCN(Cc1ccccc1)C(=O)CSc1nc(-c2ccccc2)c(-c2ccccc2)o1. The smallest absolute Gasteiger partial charge is 0.257 e. The lowest BCUT2D eigenvalue weighted by atomic mass is 10.1. The number of rotatable bonds is 10. The van der Waals surface area contributed by atoms with Gasteiger partial charge in [0.05, 0.1) is 5.75 Å². The van der Waals surface area contributed by atoms with Gasteiger partial charge >= 0.3 is 0 Å². The van der Waals surface area contributed by atoms with Gasteiger partial charge in [-0.15, -0.1) is 0 Å². The first-order valence-corrected chi connectivity index (χ1v) is 11.9. The summed E-state index contributed by atoms with van der Waals surface area (Å²) in [6.07, 6.45) is 0.110. The number of benzene rings is 3. The van der Waals surface area contributed by atoms with Gasteiger partial charge in [-0.2, -0.15) is 0 Å². The van der Waals surface area contributed by atoms with Crippen molar-refractivity contribution in [2.75, 3.05) is 12.3 Å². The van der Waals surface area contributed by atoms with E-state index in [1.54, 1.807) is 4.90 Å². The lowest BCUT2D eigenvalue weighted by Crippen LogP contribution is -2.34. The fraction of sp³-hybridized carbons (Fsp3) is 0.148. The third-order valence-electron chi connectivity index (χ3n) is 5.21. The van der Waals surface area contributed by atoms with E-state index < -0.39 is 5.91 Å². The normalized spacial score (nSPS) is 10.7. The number of thioether (sulfide) groups is 1. The van der Waals surface area contributed by atoms with Crippen LogP contribution in [0.3, 0.4) is 0 Å². The van der Waals surface area contributed by atoms with Crippen molar-refractivity contribution in [1.29, 1.82) is 0 Å². The van der Waals surface area contributed by atoms with Crippen molar-refractivity contribution in [2.24, 2.45) is 5.73 Å². The van der Waals surface area contributed by atoms with Crippen molar-refractivity contribution in [2.45, 2.75) is 18.2 Å². The number of aromatic nitrogens is 1. The zero-order valence-electron chi connectivity index (χ0n) is 18.6. The van der Waals surface area contributed by atoms with Crippen LogP contribution in [0.5, 0.6) is 0 Å². The Morgan fingerprint density at radius 3 is 2.06 bits per heavy atom. The topological polar surface area (TPSA) is 89.4 Å². The van der Waals surface area contributed by atoms with E-state index in [-0.39, 0.29) is 24.6 Å². The molecule has 34 heavy (non-hydrogen) atoms. The summed E-state index contributed by atoms with van der Waals surface area (Å²) in [5.74, 6) is 0.243. The molecule has 7 heteroatoms. The van der Waals surface area contributed by atoms with Crippen LogP contribution >= 0.6 is 11.8 Å². The van der Waals surface area contributed by atoms with Crippen molar-refractivity contribution in [3.63, 3.8) is 0 Å². The van der Waals surface area contributed by atoms with Gasteiger partial charge in [0.2, 0.25) is 11.8 Å². The third-order valence-corrected chi connectivity index (χ3v) is 6.02. The van der Waals surface area contributed by atoms with E-state index in [1.807, 2.05) is 91.0 Å². The van der Waals surface area contributed by atoms with Crippen molar-refractivity contribution in [1.82, 2.24) is 9.88 Å². The van der Waals surface area contributed by atoms with Gasteiger partial charge in [0.25, 0.3) is 5.22 Å². The Bertz CT molecular complexity index is 1170. The minimum atomic E-state index is -0.439. The fourth-order valence-corrected chi connectivity index (χ4v) is 4.22. The maximum Gasteiger partial charge on any atom is 0.257 e. The summed E-state index contributed by atoms with van der Waals surface area (Å²) < 4.78 is 6.11. The molecule has 0 atom stereocenters. The minimum Gasteiger partial charge on any atom is -0.431 e. The van der Waals surface area contributed by atoms with Crippen molar-refractivity contribution in [3.8, 4) is 22.6 Å². The van der Waals surface area contributed by atoms with Gasteiger partial charge in [-0.1, -0.05) is 103 Å². The molecule has 2 N–H and O–H groups in total. The predicted octanol–water partition coefficient (Wildman–Crippen LogP) is 5.00. The van der Waals surface area contributed by atoms with Gasteiger partial charge in [0.1, 0.15) is 5.69 Å². The molecule has 0 saturated heterocycles. The molecule has 0 spiro atoms. The second-order valence-electron chi connectivity index (χ2n) is 7.70. The standard InChI is InChI=1S/C27H25N3O3S/c28-23(31)16-17-30(18-20-10-4-1-5-11-20)24(32)19-34-27-29-25(21-12-6-2-7-13-21)26(33-27)22-14-8-3-9-15-22/h1-15H,16-19H2,(H2,28,31). The highest BCUT2D eigenvalue weighted by Crippen LogP contribution is 2.35. The largest absolute Gasteiger partial charge is 0.431 e. The lowest BCUT2D eigenvalue weighted by molar-refractivity contribution is -0.129. The first kappa shape index (κ1) is 23.3. The van der Waals surface area contributed by atoms with E-state index in [0.29, 0.717) is 17.5 Å². The maximum absolute atomic E-state index is 13.0. The number of primary amides is 1. The van der Waals surface area contributed by atoms with Crippen LogP contribution in [0.4, 0.5) is 0 Å². The highest BCUT2D eigenvalue weighted by atomic mass is 32.2. The summed E-state index contributed by atoms with van der Waals surface area (Å²) in [6, 6.07) is 29.3. The fourth-order valence-electron chi connectivity index (χ4n) is 3.49. The molecular weight excluding hydrogens is 446 g/mol. The highest BCUT2D eigenvalue weighted by molar-refractivity contribution is 7.99. The molecule has 172 valence electrons. The summed E-state index contributed by atoms with van der Waals surface area (Å²) in [4.78, 5) is 30.7. The van der Waals surface area contributed by atoms with Crippen LogP contribution in [0.1, 0.15) is 12.0 Å². The second kappa shape index (κ2) is 11.3. The Labute approximate surface area is 202 Å². The van der Waals surface area contributed by atoms with Crippen molar-refractivity contribution < 1.29 is 14.0 Å². The molecule has 4 rings (SSSR count). The molecule has 0 radical (unpaired) electrons. The number of oxazole rings is 1. The summed E-state index contributed by atoms with van der Waals surface area (Å²) >= 11 is 1.24. The van der Waals surface area contributed by atoms with Gasteiger partial charge in [-0.05, 0) is 5.56 Å². The first-order chi connectivity index (χ1) is 16.6. The Hall–Kier alpha value is -3.84. The molecule has 3 aromatic carbocycles. The maximum atomic E-state index is 13.0. The number of nitrogens with two attached hydrogens (primary N) is 1. The van der Waals surface area contributed by atoms with E-state index in [1.165, 1.54) is 11.8 Å². The van der Waals surface area contributed by atoms with Crippen LogP contribution in [0.2, 0.25) is 0 Å². The molecule has 4 aromatic rings. The average Bonchev–Trinajstić information content (AvgIpc) is 3.31. The van der Waals surface area contributed by atoms with Crippen LogP contribution in [-0.4, -0.2) is 34.0 Å². The van der Waals surface area contributed by atoms with Gasteiger partial charge in [-0.25, -0.2) is 4.98 Å². The molecule has 1 aromatic heterocycles. The number of carbonyl (C=O) groups excluding carboxylic acids is 2. The quantitative estimate of drug-likeness (QED) is 0.329. The molecule has 0 aliphatic rings. The molecule has 0 bridgehead atoms. The molecule has 1 heterocycles. The molecule has 0 unspecified atom stereocenters. The molecule has 0 aliphatic heterocycles. The van der Waals surface area contributed by atoms with Crippen LogP contribution in [-0.2, 0) is 16.1 Å². The molecule has 0 aliphatic carbocycles. The van der Waals surface area contributed by atoms with Gasteiger partial charge < -0.3 is 15.1 Å². The molecule has 6 nitrogen and oxygen atoms in total. The number of nitrogens with zero attached hydrogens (tertiary/aromatic N) is 2. The molecule has 2 amide bonds. The molecule has 0 fully saturated rings. The summed E-state index contributed by atoms with van der Waals surface area (Å²) in [5, 5.41) is 0.417. The number of carbonyl (C=O) groups is 2. The Morgan fingerprint density at radius 2 is 1.44 bits per heavy atom. The highest BCUT2D eigenvalue weighted by Gasteiger charge is 2.20. The predicted molar refractivity (Wildman–Crippen MR) is 134 cm³/mol. The number of hydrogen-bond acceptors (Lipinski definition) is 5. The lowest BCUT2D eigenvalue weighted by Gasteiger charge is -2.22. The van der Waals surface area contributed by atoms with E-state index in [2.05, 4.69) is 0 Å². The molecular formula is C27H25N3O3S. The van der Waals surface area contributed by atoms with Crippen LogP contribution in [0, 0.1) is 0 Å². The van der Waals surface area contributed by atoms with Gasteiger partial charge in [0.15, 0.2) is 5.76 Å². The number of amides is 2.